The molecule has 0 radical (unpaired) electrons. The maximum Gasteiger partial charge on any atom is 0.303 e. The number of nitriles is 1. The van der Waals surface area contributed by atoms with E-state index in [2.05, 4.69) is 33.8 Å². The van der Waals surface area contributed by atoms with E-state index < -0.39 is 5.97 Å². The van der Waals surface area contributed by atoms with Gasteiger partial charge in [-0.25, -0.2) is 0 Å². The first-order chi connectivity index (χ1) is 16.8. The zero-order valence-electron chi connectivity index (χ0n) is 22.6. The van der Waals surface area contributed by atoms with Crippen LogP contribution in [0.2, 0.25) is 0 Å². The lowest BCUT2D eigenvalue weighted by molar-refractivity contribution is -0.137. The molecule has 0 spiro atoms. The average molecular weight is 486 g/mol. The Morgan fingerprint density at radius 1 is 0.943 bits per heavy atom. The first-order valence-corrected chi connectivity index (χ1v) is 13.8. The SMILES string of the molecule is Cc1c(C)c2c(c(C)c1OCCCCCCCC(=O)O)CCC(C)(CCCCCCCCC#N)O2. The zero-order chi connectivity index (χ0) is 25.7. The van der Waals surface area contributed by atoms with Crippen LogP contribution < -0.4 is 9.47 Å². The Kier molecular flexibility index (Phi) is 12.4. The van der Waals surface area contributed by atoms with Crippen molar-refractivity contribution in [2.75, 3.05) is 6.61 Å². The van der Waals surface area contributed by atoms with Gasteiger partial charge in [0, 0.05) is 18.4 Å². The van der Waals surface area contributed by atoms with Gasteiger partial charge in [-0.3, -0.25) is 4.79 Å². The maximum atomic E-state index is 10.6. The number of carboxylic acids is 1. The molecule has 0 aliphatic carbocycles. The van der Waals surface area contributed by atoms with E-state index in [1.54, 1.807) is 0 Å². The van der Waals surface area contributed by atoms with Crippen molar-refractivity contribution in [3.05, 3.63) is 22.3 Å². The Morgan fingerprint density at radius 3 is 2.26 bits per heavy atom. The predicted molar refractivity (Wildman–Crippen MR) is 141 cm³/mol. The van der Waals surface area contributed by atoms with Crippen LogP contribution in [-0.2, 0) is 11.2 Å². The van der Waals surface area contributed by atoms with Crippen molar-refractivity contribution in [1.82, 2.24) is 0 Å². The van der Waals surface area contributed by atoms with Crippen molar-refractivity contribution in [3.8, 4) is 17.6 Å². The van der Waals surface area contributed by atoms with Crippen molar-refractivity contribution in [1.29, 1.82) is 5.26 Å². The molecule has 196 valence electrons. The van der Waals surface area contributed by atoms with Crippen molar-refractivity contribution in [2.24, 2.45) is 0 Å². The number of benzene rings is 1. The lowest BCUT2D eigenvalue weighted by atomic mass is 9.84. The van der Waals surface area contributed by atoms with E-state index in [9.17, 15) is 4.79 Å². The maximum absolute atomic E-state index is 10.6. The van der Waals surface area contributed by atoms with Crippen LogP contribution >= 0.6 is 0 Å². The van der Waals surface area contributed by atoms with Crippen molar-refractivity contribution >= 4 is 5.97 Å². The average Bonchev–Trinajstić information content (AvgIpc) is 2.82. The highest BCUT2D eigenvalue weighted by atomic mass is 16.5. The molecule has 0 aromatic heterocycles. The molecule has 1 aromatic rings. The van der Waals surface area contributed by atoms with Crippen LogP contribution in [0.25, 0.3) is 0 Å². The minimum absolute atomic E-state index is 0.0968. The molecule has 5 nitrogen and oxygen atoms in total. The molecule has 35 heavy (non-hydrogen) atoms. The summed E-state index contributed by atoms with van der Waals surface area (Å²) >= 11 is 0. The molecule has 1 unspecified atom stereocenters. The molecule has 0 fully saturated rings. The van der Waals surface area contributed by atoms with E-state index in [1.165, 1.54) is 54.4 Å². The lowest BCUT2D eigenvalue weighted by Crippen LogP contribution is -2.37. The van der Waals surface area contributed by atoms with Crippen LogP contribution in [0.4, 0.5) is 0 Å². The zero-order valence-corrected chi connectivity index (χ0v) is 22.6. The van der Waals surface area contributed by atoms with Crippen LogP contribution in [0.15, 0.2) is 0 Å². The number of rotatable bonds is 17. The molecular formula is C30H47NO4. The Labute approximate surface area is 213 Å². The van der Waals surface area contributed by atoms with Gasteiger partial charge in [0.05, 0.1) is 12.7 Å². The number of carboxylic acid groups (broad SMARTS) is 1. The highest BCUT2D eigenvalue weighted by Gasteiger charge is 2.34. The summed E-state index contributed by atoms with van der Waals surface area (Å²) in [6, 6.07) is 2.23. The quantitative estimate of drug-likeness (QED) is 0.225. The molecule has 0 amide bonds. The Bertz CT molecular complexity index is 857. The lowest BCUT2D eigenvalue weighted by Gasteiger charge is -2.38. The number of fused-ring (bicyclic) bond motifs is 1. The second-order valence-electron chi connectivity index (χ2n) is 10.6. The first-order valence-electron chi connectivity index (χ1n) is 13.8. The molecular weight excluding hydrogens is 438 g/mol. The third kappa shape index (κ3) is 9.39. The minimum Gasteiger partial charge on any atom is -0.493 e. The van der Waals surface area contributed by atoms with Gasteiger partial charge < -0.3 is 14.6 Å². The molecule has 1 atom stereocenters. The van der Waals surface area contributed by atoms with Gasteiger partial charge in [0.2, 0.25) is 0 Å². The van der Waals surface area contributed by atoms with E-state index in [4.69, 9.17) is 19.8 Å². The van der Waals surface area contributed by atoms with E-state index in [0.717, 1.165) is 69.3 Å². The van der Waals surface area contributed by atoms with Gasteiger partial charge >= 0.3 is 5.97 Å². The van der Waals surface area contributed by atoms with E-state index in [1.807, 2.05) is 0 Å². The van der Waals surface area contributed by atoms with E-state index >= 15 is 0 Å². The summed E-state index contributed by atoms with van der Waals surface area (Å²) in [6.07, 6.45) is 16.1. The van der Waals surface area contributed by atoms with E-state index in [0.29, 0.717) is 13.0 Å². The Hall–Kier alpha value is -2.22. The summed E-state index contributed by atoms with van der Waals surface area (Å²) in [6.45, 7) is 9.45. The molecule has 1 heterocycles. The molecule has 0 bridgehead atoms. The van der Waals surface area contributed by atoms with Crippen LogP contribution in [-0.4, -0.2) is 23.3 Å². The third-order valence-corrected chi connectivity index (χ3v) is 7.59. The predicted octanol–water partition coefficient (Wildman–Crippen LogP) is 8.14. The van der Waals surface area contributed by atoms with Gasteiger partial charge in [-0.15, -0.1) is 0 Å². The van der Waals surface area contributed by atoms with Crippen molar-refractivity contribution in [2.45, 2.75) is 136 Å². The van der Waals surface area contributed by atoms with Crippen molar-refractivity contribution < 1.29 is 19.4 Å². The smallest absolute Gasteiger partial charge is 0.303 e. The highest BCUT2D eigenvalue weighted by molar-refractivity contribution is 5.66. The molecule has 1 N–H and O–H groups in total. The standard InChI is InChI=1S/C30H47NO4/c1-23-24(2)29-26(25(3)28(23)34-22-16-12-8-9-13-17-27(32)33)18-20-30(4,35-29)19-14-10-6-5-7-11-15-21-31/h5-20,22H2,1-4H3,(H,32,33). The summed E-state index contributed by atoms with van der Waals surface area (Å²) < 4.78 is 13.0. The van der Waals surface area contributed by atoms with Gasteiger partial charge in [-0.1, -0.05) is 44.9 Å². The second-order valence-corrected chi connectivity index (χ2v) is 10.6. The van der Waals surface area contributed by atoms with Gasteiger partial charge in [-0.05, 0) is 89.3 Å². The number of carbonyl (C=O) groups is 1. The first kappa shape index (κ1) is 29.0. The Morgan fingerprint density at radius 2 is 1.57 bits per heavy atom. The fraction of sp³-hybridized carbons (Fsp3) is 0.733. The molecule has 5 heteroatoms. The molecule has 2 rings (SSSR count). The van der Waals surface area contributed by atoms with Crippen LogP contribution in [0, 0.1) is 32.1 Å². The van der Waals surface area contributed by atoms with Crippen LogP contribution in [0.1, 0.15) is 125 Å². The number of aliphatic carboxylic acids is 1. The van der Waals surface area contributed by atoms with Gasteiger partial charge in [0.15, 0.2) is 0 Å². The highest BCUT2D eigenvalue weighted by Crippen LogP contribution is 2.45. The number of unbranched alkanes of at least 4 members (excludes halogenated alkanes) is 10. The van der Waals surface area contributed by atoms with Gasteiger partial charge in [0.25, 0.3) is 0 Å². The number of hydrogen-bond donors (Lipinski definition) is 1. The summed E-state index contributed by atoms with van der Waals surface area (Å²) in [4.78, 5) is 10.6. The Balaban J connectivity index is 1.83. The van der Waals surface area contributed by atoms with Gasteiger partial charge in [-0.2, -0.15) is 5.26 Å². The van der Waals surface area contributed by atoms with Crippen LogP contribution in [0.3, 0.4) is 0 Å². The fourth-order valence-electron chi connectivity index (χ4n) is 5.17. The molecule has 1 aliphatic heterocycles. The van der Waals surface area contributed by atoms with Gasteiger partial charge in [0.1, 0.15) is 17.1 Å². The monoisotopic (exact) mass is 485 g/mol. The summed E-state index contributed by atoms with van der Waals surface area (Å²) in [5.74, 6) is 1.40. The third-order valence-electron chi connectivity index (χ3n) is 7.59. The molecule has 0 saturated heterocycles. The largest absolute Gasteiger partial charge is 0.493 e. The summed E-state index contributed by atoms with van der Waals surface area (Å²) in [5, 5.41) is 17.3. The number of hydrogen-bond acceptors (Lipinski definition) is 4. The molecule has 1 aromatic carbocycles. The number of ether oxygens (including phenoxy) is 2. The number of nitrogens with zero attached hydrogens (tertiary/aromatic N) is 1. The van der Waals surface area contributed by atoms with Crippen molar-refractivity contribution in [3.63, 3.8) is 0 Å². The molecule has 1 aliphatic rings. The topological polar surface area (TPSA) is 79.5 Å². The minimum atomic E-state index is -0.703. The normalized spacial score (nSPS) is 16.9. The van der Waals surface area contributed by atoms with E-state index in [-0.39, 0.29) is 12.0 Å². The summed E-state index contributed by atoms with van der Waals surface area (Å²) in [7, 11) is 0. The summed E-state index contributed by atoms with van der Waals surface area (Å²) in [5.41, 5.74) is 4.83. The fourth-order valence-corrected chi connectivity index (χ4v) is 5.17. The van der Waals surface area contributed by atoms with Crippen LogP contribution in [0.5, 0.6) is 11.5 Å². The molecule has 0 saturated carbocycles. The second kappa shape index (κ2) is 15.0.